The average Bonchev–Trinajstić information content (AvgIpc) is 2.80. The Morgan fingerprint density at radius 3 is 2.39 bits per heavy atom. The molecular formula is C27H24ClNO4. The van der Waals surface area contributed by atoms with Crippen molar-refractivity contribution in [3.63, 3.8) is 0 Å². The van der Waals surface area contributed by atoms with E-state index in [4.69, 9.17) is 25.8 Å². The van der Waals surface area contributed by atoms with Gasteiger partial charge in [-0.3, -0.25) is 0 Å². The standard InChI is InChI=1S/C27H24ClNO4/c1-17-11-18(2)19(3)25(12-17)32-16-27(30)33-24-10-5-20(14-26(24)31-4)13-22(15-29)21-6-8-23(28)9-7-21/h5-14H,16H2,1-4H3/b22-13+. The van der Waals surface area contributed by atoms with E-state index in [2.05, 4.69) is 12.1 Å². The molecule has 0 aromatic heterocycles. The average molecular weight is 462 g/mol. The molecule has 0 saturated carbocycles. The fourth-order valence-corrected chi connectivity index (χ4v) is 3.40. The first-order chi connectivity index (χ1) is 15.8. The molecule has 0 radical (unpaired) electrons. The lowest BCUT2D eigenvalue weighted by Gasteiger charge is -2.13. The number of hydrogen-bond acceptors (Lipinski definition) is 5. The Bertz CT molecular complexity index is 1240. The number of halogens is 1. The van der Waals surface area contributed by atoms with Gasteiger partial charge in [0.1, 0.15) is 5.75 Å². The second-order valence-electron chi connectivity index (χ2n) is 7.55. The van der Waals surface area contributed by atoms with Crippen LogP contribution in [0.2, 0.25) is 5.02 Å². The van der Waals surface area contributed by atoms with E-state index in [1.807, 2.05) is 26.8 Å². The molecule has 3 aromatic rings. The number of carbonyl (C=O) groups excluding carboxylic acids is 1. The van der Waals surface area contributed by atoms with Crippen LogP contribution in [0.3, 0.4) is 0 Å². The number of nitriles is 1. The normalized spacial score (nSPS) is 11.0. The number of carbonyl (C=O) groups is 1. The molecule has 0 unspecified atom stereocenters. The van der Waals surface area contributed by atoms with Crippen LogP contribution in [0.4, 0.5) is 0 Å². The minimum absolute atomic E-state index is 0.232. The summed E-state index contributed by atoms with van der Waals surface area (Å²) >= 11 is 5.93. The van der Waals surface area contributed by atoms with Crippen LogP contribution in [0.5, 0.6) is 17.2 Å². The lowest BCUT2D eigenvalue weighted by molar-refractivity contribution is -0.136. The monoisotopic (exact) mass is 461 g/mol. The van der Waals surface area contributed by atoms with Crippen molar-refractivity contribution in [1.29, 1.82) is 5.26 Å². The smallest absolute Gasteiger partial charge is 0.349 e. The molecule has 0 saturated heterocycles. The number of methoxy groups -OCH3 is 1. The third-order valence-corrected chi connectivity index (χ3v) is 5.36. The second-order valence-corrected chi connectivity index (χ2v) is 7.99. The Labute approximate surface area is 198 Å². The zero-order valence-corrected chi connectivity index (χ0v) is 19.7. The van der Waals surface area contributed by atoms with Crippen molar-refractivity contribution in [2.24, 2.45) is 0 Å². The molecular weight excluding hydrogens is 438 g/mol. The van der Waals surface area contributed by atoms with Crippen molar-refractivity contribution in [2.45, 2.75) is 20.8 Å². The summed E-state index contributed by atoms with van der Waals surface area (Å²) in [5, 5.41) is 10.1. The number of ether oxygens (including phenoxy) is 3. The number of esters is 1. The third-order valence-electron chi connectivity index (χ3n) is 5.11. The van der Waals surface area contributed by atoms with Gasteiger partial charge in [-0.05, 0) is 85.0 Å². The van der Waals surface area contributed by atoms with E-state index >= 15 is 0 Å². The third kappa shape index (κ3) is 6.15. The highest BCUT2D eigenvalue weighted by molar-refractivity contribution is 6.30. The molecule has 168 valence electrons. The maximum Gasteiger partial charge on any atom is 0.349 e. The molecule has 0 aliphatic carbocycles. The van der Waals surface area contributed by atoms with Crippen LogP contribution in [0.1, 0.15) is 27.8 Å². The van der Waals surface area contributed by atoms with Crippen molar-refractivity contribution in [1.82, 2.24) is 0 Å². The molecule has 0 fully saturated rings. The van der Waals surface area contributed by atoms with E-state index in [1.54, 1.807) is 48.5 Å². The molecule has 0 aliphatic rings. The van der Waals surface area contributed by atoms with Gasteiger partial charge in [0.15, 0.2) is 18.1 Å². The maximum atomic E-state index is 12.4. The van der Waals surface area contributed by atoms with E-state index in [-0.39, 0.29) is 12.4 Å². The molecule has 3 aromatic carbocycles. The van der Waals surface area contributed by atoms with Crippen LogP contribution < -0.4 is 14.2 Å². The van der Waals surface area contributed by atoms with E-state index in [0.29, 0.717) is 22.1 Å². The quantitative estimate of drug-likeness (QED) is 0.178. The van der Waals surface area contributed by atoms with Gasteiger partial charge in [0, 0.05) is 5.02 Å². The summed E-state index contributed by atoms with van der Waals surface area (Å²) in [6.45, 7) is 5.69. The molecule has 0 amide bonds. The molecule has 0 atom stereocenters. The zero-order chi connectivity index (χ0) is 24.0. The number of rotatable bonds is 7. The van der Waals surface area contributed by atoms with Gasteiger partial charge in [-0.15, -0.1) is 0 Å². The number of allylic oxidation sites excluding steroid dienone is 1. The summed E-state index contributed by atoms with van der Waals surface area (Å²) < 4.78 is 16.5. The Morgan fingerprint density at radius 2 is 1.73 bits per heavy atom. The molecule has 0 heterocycles. The Kier molecular flexibility index (Phi) is 7.76. The first kappa shape index (κ1) is 23.9. The van der Waals surface area contributed by atoms with E-state index in [9.17, 15) is 10.1 Å². The highest BCUT2D eigenvalue weighted by Gasteiger charge is 2.13. The molecule has 3 rings (SSSR count). The highest BCUT2D eigenvalue weighted by atomic mass is 35.5. The minimum atomic E-state index is -0.547. The Balaban J connectivity index is 1.74. The molecule has 5 nitrogen and oxygen atoms in total. The minimum Gasteiger partial charge on any atom is -0.493 e. The van der Waals surface area contributed by atoms with Crippen LogP contribution in [0.25, 0.3) is 11.6 Å². The predicted octanol–water partition coefficient (Wildman–Crippen LogP) is 6.32. The van der Waals surface area contributed by atoms with Gasteiger partial charge in [-0.25, -0.2) is 4.79 Å². The summed E-state index contributed by atoms with van der Waals surface area (Å²) in [7, 11) is 1.49. The van der Waals surface area contributed by atoms with Gasteiger partial charge in [-0.1, -0.05) is 35.9 Å². The van der Waals surface area contributed by atoms with Crippen LogP contribution in [0.15, 0.2) is 54.6 Å². The largest absolute Gasteiger partial charge is 0.493 e. The topological polar surface area (TPSA) is 68.5 Å². The SMILES string of the molecule is COc1cc(/C=C(\C#N)c2ccc(Cl)cc2)ccc1OC(=O)COc1cc(C)cc(C)c1C. The van der Waals surface area contributed by atoms with Gasteiger partial charge in [0.05, 0.1) is 18.8 Å². The molecule has 0 bridgehead atoms. The number of aryl methyl sites for hydroxylation is 2. The Morgan fingerprint density at radius 1 is 1.00 bits per heavy atom. The predicted molar refractivity (Wildman–Crippen MR) is 130 cm³/mol. The molecule has 0 spiro atoms. The summed E-state index contributed by atoms with van der Waals surface area (Å²) in [6.07, 6.45) is 1.73. The lowest BCUT2D eigenvalue weighted by atomic mass is 10.0. The van der Waals surface area contributed by atoms with Gasteiger partial charge in [-0.2, -0.15) is 5.26 Å². The summed E-state index contributed by atoms with van der Waals surface area (Å²) in [6, 6.07) is 18.2. The van der Waals surface area contributed by atoms with Crippen LogP contribution in [-0.4, -0.2) is 19.7 Å². The van der Waals surface area contributed by atoms with Crippen molar-refractivity contribution in [3.8, 4) is 23.3 Å². The second kappa shape index (κ2) is 10.7. The van der Waals surface area contributed by atoms with Crippen molar-refractivity contribution >= 4 is 29.2 Å². The molecule has 0 N–H and O–H groups in total. The lowest BCUT2D eigenvalue weighted by Crippen LogP contribution is -2.18. The van der Waals surface area contributed by atoms with Crippen LogP contribution in [-0.2, 0) is 4.79 Å². The first-order valence-electron chi connectivity index (χ1n) is 10.3. The van der Waals surface area contributed by atoms with Crippen molar-refractivity contribution in [2.75, 3.05) is 13.7 Å². The molecule has 33 heavy (non-hydrogen) atoms. The number of benzene rings is 3. The summed E-state index contributed by atoms with van der Waals surface area (Å²) in [4.78, 5) is 12.4. The van der Waals surface area contributed by atoms with Crippen LogP contribution >= 0.6 is 11.6 Å². The van der Waals surface area contributed by atoms with Crippen molar-refractivity contribution < 1.29 is 19.0 Å². The maximum absolute atomic E-state index is 12.4. The fraction of sp³-hybridized carbons (Fsp3) is 0.185. The van der Waals surface area contributed by atoms with Crippen LogP contribution in [0, 0.1) is 32.1 Å². The van der Waals surface area contributed by atoms with Gasteiger partial charge < -0.3 is 14.2 Å². The van der Waals surface area contributed by atoms with E-state index < -0.39 is 5.97 Å². The number of hydrogen-bond donors (Lipinski definition) is 0. The highest BCUT2D eigenvalue weighted by Crippen LogP contribution is 2.30. The number of nitrogens with zero attached hydrogens (tertiary/aromatic N) is 1. The van der Waals surface area contributed by atoms with Gasteiger partial charge in [0.2, 0.25) is 0 Å². The fourth-order valence-electron chi connectivity index (χ4n) is 3.27. The van der Waals surface area contributed by atoms with Crippen molar-refractivity contribution in [3.05, 3.63) is 87.4 Å². The van der Waals surface area contributed by atoms with Gasteiger partial charge in [0.25, 0.3) is 0 Å². The Hall–Kier alpha value is -3.75. The molecule has 6 heteroatoms. The van der Waals surface area contributed by atoms with E-state index in [1.165, 1.54) is 7.11 Å². The zero-order valence-electron chi connectivity index (χ0n) is 18.9. The molecule has 0 aliphatic heterocycles. The summed E-state index contributed by atoms with van der Waals surface area (Å²) in [5.41, 5.74) is 5.07. The van der Waals surface area contributed by atoms with E-state index in [0.717, 1.165) is 27.8 Å². The van der Waals surface area contributed by atoms with Gasteiger partial charge >= 0.3 is 5.97 Å². The first-order valence-corrected chi connectivity index (χ1v) is 10.7. The summed E-state index contributed by atoms with van der Waals surface area (Å²) in [5.74, 6) is 0.746.